The fraction of sp³-hybridized carbons (Fsp3) is 0.276. The van der Waals surface area contributed by atoms with E-state index in [0.717, 1.165) is 34.2 Å². The van der Waals surface area contributed by atoms with Gasteiger partial charge in [-0.25, -0.2) is 0 Å². The molecule has 1 heterocycles. The molecule has 0 atom stereocenters. The van der Waals surface area contributed by atoms with E-state index in [9.17, 15) is 9.59 Å². The molecule has 0 fully saturated rings. The second-order valence-corrected chi connectivity index (χ2v) is 8.72. The lowest BCUT2D eigenvalue weighted by atomic mass is 10.0. The van der Waals surface area contributed by atoms with Gasteiger partial charge in [0, 0.05) is 30.4 Å². The van der Waals surface area contributed by atoms with E-state index in [1.54, 1.807) is 12.4 Å². The van der Waals surface area contributed by atoms with Gasteiger partial charge in [0.25, 0.3) is 5.91 Å². The number of carbonyl (C=O) groups is 2. The van der Waals surface area contributed by atoms with Crippen LogP contribution in [0.1, 0.15) is 64.0 Å². The predicted molar refractivity (Wildman–Crippen MR) is 140 cm³/mol. The number of hydrogen-bond acceptors (Lipinski definition) is 4. The van der Waals surface area contributed by atoms with Crippen molar-refractivity contribution < 1.29 is 14.3 Å². The van der Waals surface area contributed by atoms with Gasteiger partial charge in [-0.15, -0.1) is 0 Å². The van der Waals surface area contributed by atoms with Crippen molar-refractivity contribution in [3.05, 3.63) is 106 Å². The zero-order valence-electron chi connectivity index (χ0n) is 20.4. The average Bonchev–Trinajstić information content (AvgIpc) is 2.90. The molecule has 0 saturated heterocycles. The highest BCUT2D eigenvalue weighted by Gasteiger charge is 2.10. The van der Waals surface area contributed by atoms with Gasteiger partial charge >= 0.3 is 5.97 Å². The molecule has 1 N–H and O–H groups in total. The van der Waals surface area contributed by atoms with Crippen LogP contribution >= 0.6 is 11.6 Å². The number of amides is 1. The number of benzene rings is 2. The number of pyridine rings is 1. The Morgan fingerprint density at radius 1 is 1.00 bits per heavy atom. The van der Waals surface area contributed by atoms with Gasteiger partial charge in [0.15, 0.2) is 0 Å². The molecule has 0 aliphatic carbocycles. The smallest absolute Gasteiger partial charge is 0.305 e. The maximum Gasteiger partial charge on any atom is 0.305 e. The molecule has 0 bridgehead atoms. The molecule has 1 aromatic heterocycles. The summed E-state index contributed by atoms with van der Waals surface area (Å²) in [5, 5.41) is 3.70. The van der Waals surface area contributed by atoms with Crippen LogP contribution in [0.4, 0.5) is 0 Å². The van der Waals surface area contributed by atoms with Crippen molar-refractivity contribution in [2.75, 3.05) is 7.11 Å². The van der Waals surface area contributed by atoms with Gasteiger partial charge in [-0.3, -0.25) is 14.6 Å². The monoisotopic (exact) mass is 490 g/mol. The van der Waals surface area contributed by atoms with Crippen LogP contribution in [0.2, 0.25) is 0 Å². The number of esters is 1. The number of aryl methyl sites for hydroxylation is 2. The number of allylic oxidation sites excluding steroid dienone is 1. The summed E-state index contributed by atoms with van der Waals surface area (Å²) in [4.78, 5) is 28.4. The Labute approximate surface area is 212 Å². The van der Waals surface area contributed by atoms with Crippen molar-refractivity contribution in [2.24, 2.45) is 0 Å². The van der Waals surface area contributed by atoms with E-state index in [1.807, 2.05) is 55.5 Å². The van der Waals surface area contributed by atoms with Gasteiger partial charge in [0.05, 0.1) is 12.7 Å². The molecule has 0 radical (unpaired) electrons. The molecule has 0 saturated carbocycles. The number of hydrogen-bond donors (Lipinski definition) is 1. The highest BCUT2D eigenvalue weighted by molar-refractivity contribution is 6.48. The third-order valence-electron chi connectivity index (χ3n) is 5.85. The van der Waals surface area contributed by atoms with E-state index in [4.69, 9.17) is 16.3 Å². The molecule has 0 unspecified atom stereocenters. The highest BCUT2D eigenvalue weighted by Crippen LogP contribution is 2.25. The zero-order chi connectivity index (χ0) is 25.2. The minimum Gasteiger partial charge on any atom is -0.469 e. The fourth-order valence-electron chi connectivity index (χ4n) is 3.82. The standard InChI is InChI=1S/C29H31ClN2O3/c1-4-24-12-10-22(16-26(24)27(30)5-2)18-32-29(34)25-15-23(17-31-19-25)14-21-8-6-20(7-9-21)11-13-28(33)35-3/h5-10,12,15-17,19H,4,11,13-14,18H2,1-3H3,(H,32,34)/b27-5+. The lowest BCUT2D eigenvalue weighted by Crippen LogP contribution is -2.23. The first kappa shape index (κ1) is 26.2. The van der Waals surface area contributed by atoms with Crippen molar-refractivity contribution in [3.8, 4) is 0 Å². The highest BCUT2D eigenvalue weighted by atomic mass is 35.5. The van der Waals surface area contributed by atoms with Crippen LogP contribution in [0.3, 0.4) is 0 Å². The number of rotatable bonds is 10. The molecule has 0 aliphatic rings. The first-order valence-electron chi connectivity index (χ1n) is 11.7. The Morgan fingerprint density at radius 3 is 2.40 bits per heavy atom. The largest absolute Gasteiger partial charge is 0.469 e. The van der Waals surface area contributed by atoms with Crippen LogP contribution in [0.5, 0.6) is 0 Å². The summed E-state index contributed by atoms with van der Waals surface area (Å²) >= 11 is 6.38. The molecular formula is C29H31ClN2O3. The second kappa shape index (κ2) is 12.9. The number of nitrogens with zero attached hydrogens (tertiary/aromatic N) is 1. The number of nitrogens with one attached hydrogen (secondary N) is 1. The molecular weight excluding hydrogens is 460 g/mol. The summed E-state index contributed by atoms with van der Waals surface area (Å²) in [5.74, 6) is -0.383. The van der Waals surface area contributed by atoms with Crippen LogP contribution in [-0.2, 0) is 35.3 Å². The van der Waals surface area contributed by atoms with Gasteiger partial charge in [0.1, 0.15) is 0 Å². The maximum absolute atomic E-state index is 12.8. The Hall–Kier alpha value is -3.44. The van der Waals surface area contributed by atoms with E-state index in [2.05, 4.69) is 23.3 Å². The summed E-state index contributed by atoms with van der Waals surface area (Å²) in [6.45, 7) is 4.41. The quantitative estimate of drug-likeness (QED) is 0.361. The lowest BCUT2D eigenvalue weighted by Gasteiger charge is -2.11. The Bertz CT molecular complexity index is 1200. The average molecular weight is 491 g/mol. The summed E-state index contributed by atoms with van der Waals surface area (Å²) in [6, 6.07) is 16.1. The number of halogens is 1. The van der Waals surface area contributed by atoms with Crippen molar-refractivity contribution >= 4 is 28.5 Å². The summed E-state index contributed by atoms with van der Waals surface area (Å²) < 4.78 is 4.69. The van der Waals surface area contributed by atoms with Crippen LogP contribution < -0.4 is 5.32 Å². The van der Waals surface area contributed by atoms with E-state index >= 15 is 0 Å². The number of methoxy groups -OCH3 is 1. The van der Waals surface area contributed by atoms with Gasteiger partial charge in [-0.05, 0) is 71.7 Å². The van der Waals surface area contributed by atoms with Gasteiger partial charge in [-0.1, -0.05) is 61.0 Å². The van der Waals surface area contributed by atoms with Crippen LogP contribution in [0, 0.1) is 0 Å². The number of aromatic nitrogens is 1. The molecule has 6 heteroatoms. The van der Waals surface area contributed by atoms with Crippen molar-refractivity contribution in [1.82, 2.24) is 10.3 Å². The molecule has 3 aromatic rings. The summed E-state index contributed by atoms with van der Waals surface area (Å²) in [6.07, 6.45) is 7.80. The maximum atomic E-state index is 12.8. The Balaban J connectivity index is 1.62. The predicted octanol–water partition coefficient (Wildman–Crippen LogP) is 5.87. The van der Waals surface area contributed by atoms with Gasteiger partial charge in [0.2, 0.25) is 0 Å². The number of ether oxygens (including phenoxy) is 1. The van der Waals surface area contributed by atoms with Gasteiger partial charge < -0.3 is 10.1 Å². The van der Waals surface area contributed by atoms with Crippen LogP contribution in [0.25, 0.3) is 5.03 Å². The fourth-order valence-corrected chi connectivity index (χ4v) is 4.00. The molecule has 182 valence electrons. The zero-order valence-corrected chi connectivity index (χ0v) is 21.2. The third-order valence-corrected chi connectivity index (χ3v) is 6.27. The molecule has 0 spiro atoms. The second-order valence-electron chi connectivity index (χ2n) is 8.32. The van der Waals surface area contributed by atoms with Crippen molar-refractivity contribution in [2.45, 2.75) is 46.1 Å². The van der Waals surface area contributed by atoms with Crippen molar-refractivity contribution in [3.63, 3.8) is 0 Å². The minimum atomic E-state index is -0.213. The summed E-state index contributed by atoms with van der Waals surface area (Å²) in [7, 11) is 1.40. The molecule has 0 aliphatic heterocycles. The van der Waals surface area contributed by atoms with E-state index in [-0.39, 0.29) is 11.9 Å². The van der Waals surface area contributed by atoms with Gasteiger partial charge in [-0.2, -0.15) is 0 Å². The van der Waals surface area contributed by atoms with Crippen LogP contribution in [-0.4, -0.2) is 24.0 Å². The van der Waals surface area contributed by atoms with E-state index < -0.39 is 0 Å². The summed E-state index contributed by atoms with van der Waals surface area (Å²) in [5.41, 5.74) is 6.83. The minimum absolute atomic E-state index is 0.171. The first-order valence-corrected chi connectivity index (χ1v) is 12.1. The topological polar surface area (TPSA) is 68.3 Å². The molecule has 5 nitrogen and oxygen atoms in total. The normalized spacial score (nSPS) is 11.3. The molecule has 1 amide bonds. The van der Waals surface area contributed by atoms with E-state index in [1.165, 1.54) is 12.7 Å². The SMILES string of the molecule is C/C=C(/Cl)c1cc(CNC(=O)c2cncc(Cc3ccc(CCC(=O)OC)cc3)c2)ccc1CC. The Morgan fingerprint density at radius 2 is 1.71 bits per heavy atom. The molecule has 2 aromatic carbocycles. The third kappa shape index (κ3) is 7.52. The van der Waals surface area contributed by atoms with Crippen molar-refractivity contribution in [1.29, 1.82) is 0 Å². The molecule has 3 rings (SSSR count). The Kier molecular flexibility index (Phi) is 9.62. The molecule has 35 heavy (non-hydrogen) atoms. The van der Waals surface area contributed by atoms with Crippen LogP contribution in [0.15, 0.2) is 67.0 Å². The first-order chi connectivity index (χ1) is 16.9. The van der Waals surface area contributed by atoms with E-state index in [0.29, 0.717) is 36.4 Å². The lowest BCUT2D eigenvalue weighted by molar-refractivity contribution is -0.140. The number of carbonyl (C=O) groups excluding carboxylic acids is 2.